The normalized spacial score (nSPS) is 11.3. The molecule has 3 rings (SSSR count). The summed E-state index contributed by atoms with van der Waals surface area (Å²) in [7, 11) is 0. The number of hydrogen-bond donors (Lipinski definition) is 0. The largest absolute Gasteiger partial charge is 0.270 e. The van der Waals surface area contributed by atoms with Crippen LogP contribution in [0.25, 0.3) is 22.4 Å². The minimum Gasteiger partial charge on any atom is -0.258 e. The first-order chi connectivity index (χ1) is 10.1. The highest BCUT2D eigenvalue weighted by molar-refractivity contribution is 7.19. The number of thiazole rings is 1. The van der Waals surface area contributed by atoms with Crippen LogP contribution in [-0.4, -0.2) is 9.91 Å². The average Bonchev–Trinajstić information content (AvgIpc) is 2.88. The highest BCUT2D eigenvalue weighted by Gasteiger charge is 2.09. The van der Waals surface area contributed by atoms with E-state index in [2.05, 4.69) is 4.98 Å². The summed E-state index contributed by atoms with van der Waals surface area (Å²) in [5, 5.41) is 12.3. The molecule has 0 amide bonds. The summed E-state index contributed by atoms with van der Waals surface area (Å²) >= 11 is 7.26. The van der Waals surface area contributed by atoms with Crippen LogP contribution in [-0.2, 0) is 0 Å². The van der Waals surface area contributed by atoms with Crippen LogP contribution < -0.4 is 0 Å². The maximum absolute atomic E-state index is 10.8. The van der Waals surface area contributed by atoms with Crippen molar-refractivity contribution in [2.24, 2.45) is 0 Å². The molecule has 0 atom stereocenters. The van der Waals surface area contributed by atoms with Crippen LogP contribution in [0.2, 0.25) is 5.02 Å². The Balaban J connectivity index is 1.90. The second-order valence-electron chi connectivity index (χ2n) is 4.35. The van der Waals surface area contributed by atoms with Crippen LogP contribution in [0.5, 0.6) is 0 Å². The van der Waals surface area contributed by atoms with Crippen molar-refractivity contribution in [3.05, 3.63) is 68.2 Å². The highest BCUT2D eigenvalue weighted by Crippen LogP contribution is 2.27. The van der Waals surface area contributed by atoms with E-state index < -0.39 is 4.92 Å². The molecule has 0 saturated heterocycles. The fourth-order valence-electron chi connectivity index (χ4n) is 1.86. The lowest BCUT2D eigenvalue weighted by Crippen LogP contribution is -1.85. The minimum absolute atomic E-state index is 0.0828. The van der Waals surface area contributed by atoms with Crippen molar-refractivity contribution in [3.63, 3.8) is 0 Å². The van der Waals surface area contributed by atoms with E-state index in [1.54, 1.807) is 12.1 Å². The second kappa shape index (κ2) is 5.63. The van der Waals surface area contributed by atoms with Crippen LogP contribution in [0, 0.1) is 10.1 Å². The zero-order valence-electron chi connectivity index (χ0n) is 10.7. The number of rotatable bonds is 3. The molecule has 0 spiro atoms. The number of non-ortho nitro benzene ring substituents is 1. The third-order valence-electron chi connectivity index (χ3n) is 2.89. The Bertz CT molecular complexity index is 841. The lowest BCUT2D eigenvalue weighted by atomic mass is 10.2. The molecule has 0 unspecified atom stereocenters. The van der Waals surface area contributed by atoms with Crippen molar-refractivity contribution in [2.45, 2.75) is 0 Å². The second-order valence-corrected chi connectivity index (χ2v) is 5.84. The first-order valence-corrected chi connectivity index (χ1v) is 7.30. The SMILES string of the molecule is O=[N+]([O-])c1ccc2nc(/C=C/c3ccc(Cl)cc3)sc2c1. The Morgan fingerprint density at radius 1 is 1.14 bits per heavy atom. The maximum atomic E-state index is 10.8. The van der Waals surface area contributed by atoms with E-state index in [1.807, 2.05) is 36.4 Å². The van der Waals surface area contributed by atoms with Gasteiger partial charge in [-0.2, -0.15) is 0 Å². The lowest BCUT2D eigenvalue weighted by Gasteiger charge is -1.92. The first kappa shape index (κ1) is 13.7. The lowest BCUT2D eigenvalue weighted by molar-refractivity contribution is -0.384. The van der Waals surface area contributed by atoms with Gasteiger partial charge in [0.1, 0.15) is 5.01 Å². The van der Waals surface area contributed by atoms with E-state index in [0.717, 1.165) is 20.8 Å². The van der Waals surface area contributed by atoms with Gasteiger partial charge in [-0.3, -0.25) is 10.1 Å². The van der Waals surface area contributed by atoms with Gasteiger partial charge >= 0.3 is 0 Å². The van der Waals surface area contributed by atoms with Crippen molar-refractivity contribution in [2.75, 3.05) is 0 Å². The highest BCUT2D eigenvalue weighted by atomic mass is 35.5. The van der Waals surface area contributed by atoms with E-state index in [1.165, 1.54) is 17.4 Å². The number of nitrogens with zero attached hydrogens (tertiary/aromatic N) is 2. The fraction of sp³-hybridized carbons (Fsp3) is 0. The van der Waals surface area contributed by atoms with E-state index in [0.29, 0.717) is 5.02 Å². The molecule has 0 saturated carbocycles. The van der Waals surface area contributed by atoms with Crippen LogP contribution in [0.15, 0.2) is 42.5 Å². The number of aromatic nitrogens is 1. The van der Waals surface area contributed by atoms with E-state index >= 15 is 0 Å². The third kappa shape index (κ3) is 3.09. The van der Waals surface area contributed by atoms with Crippen molar-refractivity contribution in [3.8, 4) is 0 Å². The molecule has 4 nitrogen and oxygen atoms in total. The fourth-order valence-corrected chi connectivity index (χ4v) is 2.89. The number of nitro benzene ring substituents is 1. The predicted molar refractivity (Wildman–Crippen MR) is 86.7 cm³/mol. The molecule has 6 heteroatoms. The van der Waals surface area contributed by atoms with Gasteiger partial charge in [0, 0.05) is 17.2 Å². The van der Waals surface area contributed by atoms with Crippen molar-refractivity contribution in [1.29, 1.82) is 0 Å². The van der Waals surface area contributed by atoms with Gasteiger partial charge in [0.2, 0.25) is 0 Å². The average molecular weight is 317 g/mol. The van der Waals surface area contributed by atoms with Gasteiger partial charge in [-0.05, 0) is 29.8 Å². The quantitative estimate of drug-likeness (QED) is 0.503. The smallest absolute Gasteiger partial charge is 0.258 e. The Hall–Kier alpha value is -2.24. The Labute approximate surface area is 129 Å². The van der Waals surface area contributed by atoms with Crippen molar-refractivity contribution in [1.82, 2.24) is 4.98 Å². The zero-order valence-corrected chi connectivity index (χ0v) is 12.3. The molecule has 2 aromatic carbocycles. The van der Waals surface area contributed by atoms with Crippen LogP contribution in [0.3, 0.4) is 0 Å². The van der Waals surface area contributed by atoms with Crippen LogP contribution in [0.1, 0.15) is 10.6 Å². The standard InChI is InChI=1S/C15H9ClN2O2S/c16-11-4-1-10(2-5-11)3-8-15-17-13-7-6-12(18(19)20)9-14(13)21-15/h1-9H/b8-3+. The van der Waals surface area contributed by atoms with Crippen LogP contribution in [0.4, 0.5) is 5.69 Å². The van der Waals surface area contributed by atoms with Gasteiger partial charge in [-0.1, -0.05) is 29.8 Å². The molecular weight excluding hydrogens is 308 g/mol. The molecule has 0 aliphatic rings. The van der Waals surface area contributed by atoms with Gasteiger partial charge in [0.25, 0.3) is 5.69 Å². The maximum Gasteiger partial charge on any atom is 0.270 e. The molecule has 3 aromatic rings. The number of halogens is 1. The van der Waals surface area contributed by atoms with E-state index in [4.69, 9.17) is 11.6 Å². The van der Waals surface area contributed by atoms with Gasteiger partial charge in [-0.15, -0.1) is 11.3 Å². The Morgan fingerprint density at radius 3 is 2.62 bits per heavy atom. The summed E-state index contributed by atoms with van der Waals surface area (Å²) < 4.78 is 0.806. The molecule has 1 heterocycles. The Kier molecular flexibility index (Phi) is 3.68. The molecule has 1 aromatic heterocycles. The number of hydrogen-bond acceptors (Lipinski definition) is 4. The van der Waals surface area contributed by atoms with Gasteiger partial charge in [-0.25, -0.2) is 4.98 Å². The molecule has 0 aliphatic heterocycles. The molecule has 21 heavy (non-hydrogen) atoms. The summed E-state index contributed by atoms with van der Waals surface area (Å²) in [6.45, 7) is 0. The molecule has 0 N–H and O–H groups in total. The molecule has 104 valence electrons. The Morgan fingerprint density at radius 2 is 1.90 bits per heavy atom. The van der Waals surface area contributed by atoms with Gasteiger partial charge < -0.3 is 0 Å². The minimum atomic E-state index is -0.400. The van der Waals surface area contributed by atoms with Crippen molar-refractivity contribution < 1.29 is 4.92 Å². The molecular formula is C15H9ClN2O2S. The molecule has 0 bridgehead atoms. The van der Waals surface area contributed by atoms with Crippen molar-refractivity contribution >= 4 is 51.0 Å². The topological polar surface area (TPSA) is 56.0 Å². The molecule has 0 aliphatic carbocycles. The summed E-state index contributed by atoms with van der Waals surface area (Å²) in [6.07, 6.45) is 3.82. The third-order valence-corrected chi connectivity index (χ3v) is 4.12. The zero-order chi connectivity index (χ0) is 14.8. The molecule has 0 fully saturated rings. The summed E-state index contributed by atoms with van der Waals surface area (Å²) in [4.78, 5) is 14.8. The van der Waals surface area contributed by atoms with Gasteiger partial charge in [0.15, 0.2) is 0 Å². The summed E-state index contributed by atoms with van der Waals surface area (Å²) in [5.74, 6) is 0. The number of nitro groups is 1. The number of fused-ring (bicyclic) bond motifs is 1. The van der Waals surface area contributed by atoms with E-state index in [9.17, 15) is 10.1 Å². The first-order valence-electron chi connectivity index (χ1n) is 6.10. The number of benzene rings is 2. The summed E-state index contributed by atoms with van der Waals surface area (Å²) in [6, 6.07) is 12.2. The predicted octanol–water partition coefficient (Wildman–Crippen LogP) is 5.03. The summed E-state index contributed by atoms with van der Waals surface area (Å²) in [5.41, 5.74) is 1.87. The van der Waals surface area contributed by atoms with E-state index in [-0.39, 0.29) is 5.69 Å². The molecule has 0 radical (unpaired) electrons. The van der Waals surface area contributed by atoms with Gasteiger partial charge in [0.05, 0.1) is 15.1 Å². The monoisotopic (exact) mass is 316 g/mol. The van der Waals surface area contributed by atoms with Crippen LogP contribution >= 0.6 is 22.9 Å².